The molecule has 0 nitrogen and oxygen atoms in total. The first-order valence-electron chi connectivity index (χ1n) is 12.9. The maximum Gasteiger partial charge on any atom is -0.0443 e. The highest BCUT2D eigenvalue weighted by Gasteiger charge is 2.12. The smallest absolute Gasteiger partial charge is 0.0443 e. The van der Waals surface area contributed by atoms with Gasteiger partial charge in [-0.3, -0.25) is 0 Å². The van der Waals surface area contributed by atoms with Gasteiger partial charge in [0.2, 0.25) is 0 Å². The quantitative estimate of drug-likeness (QED) is 0.377. The minimum absolute atomic E-state index is 0. The first kappa shape index (κ1) is 81.1. The van der Waals surface area contributed by atoms with Crippen molar-refractivity contribution in [1.82, 2.24) is 0 Å². The summed E-state index contributed by atoms with van der Waals surface area (Å²) >= 11 is 0. The molecule has 1 rings (SSSR count). The van der Waals surface area contributed by atoms with Crippen LogP contribution < -0.4 is 0 Å². The van der Waals surface area contributed by atoms with Crippen LogP contribution in [-0.4, -0.2) is 0 Å². The minimum atomic E-state index is 0. The number of hydrogen-bond donors (Lipinski definition) is 0. The molecule has 0 radical (unpaired) electrons. The van der Waals surface area contributed by atoms with E-state index < -0.39 is 0 Å². The van der Waals surface area contributed by atoms with Crippen LogP contribution in [-0.2, 0) is 0 Å². The minimum Gasteiger partial charge on any atom is -0.0776 e. The van der Waals surface area contributed by atoms with Crippen LogP contribution in [0, 0.1) is 5.92 Å². The van der Waals surface area contributed by atoms with Crippen molar-refractivity contribution in [3.63, 3.8) is 0 Å². The molecule has 0 unspecified atom stereocenters. The maximum atomic E-state index is 2.28. The molecule has 0 heterocycles. The lowest BCUT2D eigenvalue weighted by Gasteiger charge is -1.53. The van der Waals surface area contributed by atoms with Crippen LogP contribution in [0.1, 0.15) is 180 Å². The molecule has 0 aliphatic heterocycles. The van der Waals surface area contributed by atoms with Gasteiger partial charge in [-0.1, -0.05) is 180 Å². The second kappa shape index (κ2) is 650. The lowest BCUT2D eigenvalue weighted by molar-refractivity contribution is 0.983. The summed E-state index contributed by atoms with van der Waals surface area (Å²) in [5, 5.41) is 0. The molecule has 0 atom stereocenters. The Bertz CT molecular complexity index is 19.2. The van der Waals surface area contributed by atoms with Gasteiger partial charge in [-0.2, -0.15) is 0 Å². The Morgan fingerprint density at radius 3 is 0.333 bits per heavy atom. The summed E-state index contributed by atoms with van der Waals surface area (Å²) in [4.78, 5) is 0. The van der Waals surface area contributed by atoms with Crippen molar-refractivity contribution in [1.29, 1.82) is 0 Å². The first-order chi connectivity index (χ1) is 12.9. The molecule has 0 amide bonds. The fraction of sp³-hybridized carbons (Fsp3) is 1.00. The second-order valence-electron chi connectivity index (χ2n) is 1.68. The predicted octanol–water partition coefficient (Wildman–Crippen LogP) is 13.3. The average molecular weight is 403 g/mol. The normalized spacial score (nSPS) is 6.33. The van der Waals surface area contributed by atoms with E-state index in [2.05, 4.69) is 6.92 Å². The SMILES string of the molecule is C.CC.CC.CC.CC.CC.CC.CC.CC.CC.CC.CC.CC1CC1. The monoisotopic (exact) mass is 403 g/mol. The molecule has 0 N–H and O–H groups in total. The Morgan fingerprint density at radius 1 is 0.296 bits per heavy atom. The van der Waals surface area contributed by atoms with Crippen LogP contribution in [0.5, 0.6) is 0 Å². The zero-order valence-corrected chi connectivity index (χ0v) is 25.0. The van der Waals surface area contributed by atoms with Crippen LogP contribution in [0.4, 0.5) is 0 Å². The van der Waals surface area contributed by atoms with Crippen molar-refractivity contribution in [2.45, 2.75) is 180 Å². The van der Waals surface area contributed by atoms with Gasteiger partial charge < -0.3 is 0 Å². The van der Waals surface area contributed by atoms with Gasteiger partial charge in [-0.05, 0) is 5.92 Å². The molecule has 1 saturated carbocycles. The molecule has 0 aromatic heterocycles. The number of rotatable bonds is 0. The van der Waals surface area contributed by atoms with Gasteiger partial charge in [0.1, 0.15) is 0 Å². The Morgan fingerprint density at radius 2 is 0.333 bits per heavy atom. The standard InChI is InChI=1S/C4H8.11C2H6.CH4/c1-4-2-3-4;11*1-2;/h4H,2-3H2,1H3;11*1-2H3;1H4. The summed E-state index contributed by atoms with van der Waals surface area (Å²) in [6, 6.07) is 0. The van der Waals surface area contributed by atoms with Crippen molar-refractivity contribution in [3.8, 4) is 0 Å². The molecule has 1 aliphatic rings. The molecular formula is C27H78. The Hall–Kier alpha value is 0. The van der Waals surface area contributed by atoms with E-state index in [1.165, 1.54) is 12.8 Å². The highest BCUT2D eigenvalue weighted by atomic mass is 14.2. The van der Waals surface area contributed by atoms with Crippen LogP contribution in [0.25, 0.3) is 0 Å². The van der Waals surface area contributed by atoms with E-state index in [0.717, 1.165) is 5.92 Å². The highest BCUT2D eigenvalue weighted by Crippen LogP contribution is 2.26. The topological polar surface area (TPSA) is 0 Å². The van der Waals surface area contributed by atoms with E-state index in [4.69, 9.17) is 0 Å². The molecule has 0 aromatic carbocycles. The molecule has 0 saturated heterocycles. The molecule has 186 valence electrons. The first-order valence-corrected chi connectivity index (χ1v) is 12.9. The maximum absolute atomic E-state index is 2.28. The van der Waals surface area contributed by atoms with E-state index in [9.17, 15) is 0 Å². The van der Waals surface area contributed by atoms with Crippen molar-refractivity contribution in [2.75, 3.05) is 0 Å². The third-order valence-corrected chi connectivity index (χ3v) is 0.866. The summed E-state index contributed by atoms with van der Waals surface area (Å²) in [5.74, 6) is 1.08. The van der Waals surface area contributed by atoms with Crippen LogP contribution in [0.3, 0.4) is 0 Å². The van der Waals surface area contributed by atoms with Gasteiger partial charge in [-0.15, -0.1) is 0 Å². The van der Waals surface area contributed by atoms with Crippen LogP contribution in [0.15, 0.2) is 0 Å². The molecule has 1 fully saturated rings. The predicted molar refractivity (Wildman–Crippen MR) is 150 cm³/mol. The van der Waals surface area contributed by atoms with Gasteiger partial charge >= 0.3 is 0 Å². The molecule has 1 aliphatic carbocycles. The van der Waals surface area contributed by atoms with E-state index >= 15 is 0 Å². The van der Waals surface area contributed by atoms with Gasteiger partial charge in [0.15, 0.2) is 0 Å². The highest BCUT2D eigenvalue weighted by molar-refractivity contribution is 4.65. The van der Waals surface area contributed by atoms with Crippen molar-refractivity contribution >= 4 is 0 Å². The van der Waals surface area contributed by atoms with Crippen LogP contribution >= 0.6 is 0 Å². The Labute approximate surface area is 185 Å². The second-order valence-corrected chi connectivity index (χ2v) is 1.68. The van der Waals surface area contributed by atoms with Gasteiger partial charge in [-0.25, -0.2) is 0 Å². The lowest BCUT2D eigenvalue weighted by atomic mass is 10.5. The Kier molecular flexibility index (Phi) is 1950. The largest absolute Gasteiger partial charge is 0.0776 e. The fourth-order valence-corrected chi connectivity index (χ4v) is 0.167. The van der Waals surface area contributed by atoms with Crippen molar-refractivity contribution in [3.05, 3.63) is 0 Å². The third-order valence-electron chi connectivity index (χ3n) is 0.866. The third kappa shape index (κ3) is 1660. The number of hydrogen-bond acceptors (Lipinski definition) is 0. The summed E-state index contributed by atoms with van der Waals surface area (Å²) in [6.45, 7) is 46.3. The summed E-state index contributed by atoms with van der Waals surface area (Å²) in [7, 11) is 0. The fourth-order valence-electron chi connectivity index (χ4n) is 0.167. The van der Waals surface area contributed by atoms with Crippen molar-refractivity contribution in [2.24, 2.45) is 5.92 Å². The molecule has 27 heavy (non-hydrogen) atoms. The molecule has 0 spiro atoms. The van der Waals surface area contributed by atoms with E-state index in [1.807, 2.05) is 152 Å². The summed E-state index contributed by atoms with van der Waals surface area (Å²) in [5.41, 5.74) is 0. The Balaban J connectivity index is -0.00000000921. The molecule has 0 heteroatoms. The van der Waals surface area contributed by atoms with Gasteiger partial charge in [0.05, 0.1) is 0 Å². The molecule has 0 bridgehead atoms. The average Bonchev–Trinajstić information content (AvgIpc) is 3.65. The molecular weight excluding hydrogens is 324 g/mol. The lowest BCUT2D eigenvalue weighted by Crippen LogP contribution is -1.42. The van der Waals surface area contributed by atoms with Gasteiger partial charge in [0.25, 0.3) is 0 Å². The zero-order valence-electron chi connectivity index (χ0n) is 25.0. The molecule has 0 aromatic rings. The summed E-state index contributed by atoms with van der Waals surface area (Å²) in [6.07, 6.45) is 2.97. The van der Waals surface area contributed by atoms with Crippen LogP contribution in [0.2, 0.25) is 0 Å². The summed E-state index contributed by atoms with van der Waals surface area (Å²) < 4.78 is 0. The van der Waals surface area contributed by atoms with Gasteiger partial charge in [0, 0.05) is 0 Å². The van der Waals surface area contributed by atoms with Crippen molar-refractivity contribution < 1.29 is 0 Å². The van der Waals surface area contributed by atoms with E-state index in [1.54, 1.807) is 0 Å². The van der Waals surface area contributed by atoms with E-state index in [-0.39, 0.29) is 7.43 Å². The zero-order chi connectivity index (χ0) is 25.0. The van der Waals surface area contributed by atoms with E-state index in [0.29, 0.717) is 0 Å².